The molecule has 3 aromatic rings. The molecule has 3 aromatic carbocycles. The summed E-state index contributed by atoms with van der Waals surface area (Å²) >= 11 is 12.2. The molecule has 0 spiro atoms. The molecule has 2 heteroatoms. The minimum absolute atomic E-state index is 0.525. The highest BCUT2D eigenvalue weighted by Gasteiger charge is 2.10. The van der Waals surface area contributed by atoms with E-state index in [1.807, 2.05) is 24.3 Å². The zero-order chi connectivity index (χ0) is 14.3. The van der Waals surface area contributed by atoms with Gasteiger partial charge in [0, 0.05) is 21.2 Å². The number of hydrogen-bond donors (Lipinski definition) is 0. The Labute approximate surface area is 127 Å². The smallest absolute Gasteiger partial charge is 0.0412 e. The zero-order valence-corrected chi connectivity index (χ0v) is 12.3. The normalized spacial score (nSPS) is 10.9. The summed E-state index contributed by atoms with van der Waals surface area (Å²) in [7, 11) is 0. The van der Waals surface area contributed by atoms with Gasteiger partial charge >= 0.3 is 0 Å². The molecule has 0 saturated heterocycles. The van der Waals surface area contributed by atoms with E-state index in [0.717, 1.165) is 32.7 Å². The summed E-state index contributed by atoms with van der Waals surface area (Å²) in [5.41, 5.74) is 1.85. The minimum Gasteiger partial charge on any atom is -0.0843 e. The average Bonchev–Trinajstić information content (AvgIpc) is 2.43. The monoisotopic (exact) mass is 298 g/mol. The van der Waals surface area contributed by atoms with Crippen LogP contribution in [0.2, 0.25) is 0 Å². The van der Waals surface area contributed by atoms with Gasteiger partial charge in [-0.2, -0.15) is 0 Å². The molecule has 20 heavy (non-hydrogen) atoms. The van der Waals surface area contributed by atoms with Gasteiger partial charge in [-0.25, -0.2) is 0 Å². The standard InChI is InChI=1S/C18H12Cl2/c1-11(19)15-7-8-16(12(2)20)18-10-14-6-4-3-5-13(14)9-17(15)18/h3-10H,1-2H2. The van der Waals surface area contributed by atoms with Crippen LogP contribution in [0.15, 0.2) is 61.7 Å². The van der Waals surface area contributed by atoms with Crippen LogP contribution < -0.4 is 0 Å². The van der Waals surface area contributed by atoms with Crippen LogP contribution in [0.3, 0.4) is 0 Å². The first-order valence-electron chi connectivity index (χ1n) is 6.23. The van der Waals surface area contributed by atoms with E-state index in [-0.39, 0.29) is 0 Å². The number of benzene rings is 3. The highest BCUT2D eigenvalue weighted by Crippen LogP contribution is 2.35. The first-order valence-corrected chi connectivity index (χ1v) is 6.98. The number of halogens is 2. The highest BCUT2D eigenvalue weighted by atomic mass is 35.5. The number of rotatable bonds is 2. The van der Waals surface area contributed by atoms with Crippen LogP contribution in [0, 0.1) is 0 Å². The highest BCUT2D eigenvalue weighted by molar-refractivity contribution is 6.51. The Kier molecular flexibility index (Phi) is 3.29. The number of fused-ring (bicyclic) bond motifs is 2. The summed E-state index contributed by atoms with van der Waals surface area (Å²) in [6.07, 6.45) is 0. The van der Waals surface area contributed by atoms with Crippen molar-refractivity contribution < 1.29 is 0 Å². The molecule has 0 aromatic heterocycles. The molecular weight excluding hydrogens is 287 g/mol. The van der Waals surface area contributed by atoms with E-state index in [1.54, 1.807) is 0 Å². The Hall–Kier alpha value is -1.76. The number of hydrogen-bond acceptors (Lipinski definition) is 0. The van der Waals surface area contributed by atoms with Crippen LogP contribution in [0.4, 0.5) is 0 Å². The maximum Gasteiger partial charge on any atom is 0.0412 e. The summed E-state index contributed by atoms with van der Waals surface area (Å²) in [6.45, 7) is 7.68. The van der Waals surface area contributed by atoms with Gasteiger partial charge in [-0.15, -0.1) is 0 Å². The zero-order valence-electron chi connectivity index (χ0n) is 10.8. The third-order valence-corrected chi connectivity index (χ3v) is 3.87. The predicted molar refractivity (Wildman–Crippen MR) is 91.2 cm³/mol. The van der Waals surface area contributed by atoms with Crippen LogP contribution in [0.1, 0.15) is 11.1 Å². The van der Waals surface area contributed by atoms with Gasteiger partial charge in [-0.05, 0) is 33.7 Å². The van der Waals surface area contributed by atoms with E-state index in [2.05, 4.69) is 37.4 Å². The SMILES string of the molecule is C=C(Cl)c1ccc(C(=C)Cl)c2cc3ccccc3cc12. The van der Waals surface area contributed by atoms with Gasteiger partial charge in [0.2, 0.25) is 0 Å². The third kappa shape index (κ3) is 2.11. The summed E-state index contributed by atoms with van der Waals surface area (Å²) in [6, 6.07) is 16.3. The minimum atomic E-state index is 0.525. The van der Waals surface area contributed by atoms with Gasteiger partial charge in [-0.1, -0.05) is 72.8 Å². The first kappa shape index (κ1) is 13.2. The fourth-order valence-electron chi connectivity index (χ4n) is 2.51. The van der Waals surface area contributed by atoms with Crippen LogP contribution in [0.25, 0.3) is 31.6 Å². The van der Waals surface area contributed by atoms with Crippen LogP contribution >= 0.6 is 23.2 Å². The van der Waals surface area contributed by atoms with Crippen molar-refractivity contribution >= 4 is 54.8 Å². The lowest BCUT2D eigenvalue weighted by atomic mass is 9.96. The quantitative estimate of drug-likeness (QED) is 0.479. The summed E-state index contributed by atoms with van der Waals surface area (Å²) in [5, 5.41) is 5.47. The molecule has 0 aliphatic carbocycles. The lowest BCUT2D eigenvalue weighted by Crippen LogP contribution is -1.87. The maximum atomic E-state index is 6.12. The molecule has 0 bridgehead atoms. The fourth-order valence-corrected chi connectivity index (χ4v) is 2.83. The molecule has 0 heterocycles. The second-order valence-electron chi connectivity index (χ2n) is 4.72. The largest absolute Gasteiger partial charge is 0.0843 e. The van der Waals surface area contributed by atoms with E-state index in [9.17, 15) is 0 Å². The van der Waals surface area contributed by atoms with Gasteiger partial charge in [0.1, 0.15) is 0 Å². The van der Waals surface area contributed by atoms with Gasteiger partial charge in [0.25, 0.3) is 0 Å². The van der Waals surface area contributed by atoms with E-state index in [1.165, 1.54) is 0 Å². The van der Waals surface area contributed by atoms with E-state index in [0.29, 0.717) is 10.1 Å². The van der Waals surface area contributed by atoms with Crippen molar-refractivity contribution in [2.24, 2.45) is 0 Å². The molecular formula is C18H12Cl2. The summed E-state index contributed by atoms with van der Waals surface area (Å²) in [4.78, 5) is 0. The van der Waals surface area contributed by atoms with E-state index >= 15 is 0 Å². The molecule has 0 radical (unpaired) electrons. The van der Waals surface area contributed by atoms with Gasteiger partial charge in [-0.3, -0.25) is 0 Å². The predicted octanol–water partition coefficient (Wildman–Crippen LogP) is 6.41. The van der Waals surface area contributed by atoms with Crippen LogP contribution in [0.5, 0.6) is 0 Å². The van der Waals surface area contributed by atoms with Gasteiger partial charge in [0.05, 0.1) is 0 Å². The Bertz CT molecular complexity index is 788. The van der Waals surface area contributed by atoms with Crippen molar-refractivity contribution in [3.8, 4) is 0 Å². The molecule has 0 unspecified atom stereocenters. The van der Waals surface area contributed by atoms with E-state index < -0.39 is 0 Å². The van der Waals surface area contributed by atoms with E-state index in [4.69, 9.17) is 23.2 Å². The Morgan fingerprint density at radius 1 is 0.700 bits per heavy atom. The summed E-state index contributed by atoms with van der Waals surface area (Å²) < 4.78 is 0. The maximum absolute atomic E-state index is 6.12. The molecule has 98 valence electrons. The van der Waals surface area contributed by atoms with Crippen LogP contribution in [-0.2, 0) is 0 Å². The second-order valence-corrected chi connectivity index (χ2v) is 5.63. The van der Waals surface area contributed by atoms with Crippen molar-refractivity contribution in [2.75, 3.05) is 0 Å². The van der Waals surface area contributed by atoms with Gasteiger partial charge in [0.15, 0.2) is 0 Å². The van der Waals surface area contributed by atoms with Crippen molar-refractivity contribution in [1.82, 2.24) is 0 Å². The Morgan fingerprint density at radius 2 is 1.10 bits per heavy atom. The molecule has 0 aliphatic heterocycles. The molecule has 0 aliphatic rings. The lowest BCUT2D eigenvalue weighted by Gasteiger charge is -2.11. The molecule has 0 amide bonds. The molecule has 0 nitrogen and oxygen atoms in total. The first-order chi connectivity index (χ1) is 9.58. The lowest BCUT2D eigenvalue weighted by molar-refractivity contribution is 1.69. The van der Waals surface area contributed by atoms with Crippen molar-refractivity contribution in [3.05, 3.63) is 72.8 Å². The van der Waals surface area contributed by atoms with Crippen molar-refractivity contribution in [3.63, 3.8) is 0 Å². The molecule has 3 rings (SSSR count). The summed E-state index contributed by atoms with van der Waals surface area (Å²) in [5.74, 6) is 0. The van der Waals surface area contributed by atoms with Crippen LogP contribution in [-0.4, -0.2) is 0 Å². The molecule has 0 fully saturated rings. The Balaban J connectivity index is 2.52. The van der Waals surface area contributed by atoms with Gasteiger partial charge < -0.3 is 0 Å². The van der Waals surface area contributed by atoms with Crippen molar-refractivity contribution in [2.45, 2.75) is 0 Å². The molecule has 0 saturated carbocycles. The molecule has 0 atom stereocenters. The average molecular weight is 299 g/mol. The Morgan fingerprint density at radius 3 is 1.45 bits per heavy atom. The second kappa shape index (κ2) is 4.97. The topological polar surface area (TPSA) is 0 Å². The third-order valence-electron chi connectivity index (χ3n) is 3.47. The fraction of sp³-hybridized carbons (Fsp3) is 0. The molecule has 0 N–H and O–H groups in total. The van der Waals surface area contributed by atoms with Crippen molar-refractivity contribution in [1.29, 1.82) is 0 Å².